The molecule has 2 amide bonds. The van der Waals surface area contributed by atoms with Gasteiger partial charge in [0, 0.05) is 169 Å². The third kappa shape index (κ3) is 25.5. The summed E-state index contributed by atoms with van der Waals surface area (Å²) in [5.41, 5.74) is 16.0. The van der Waals surface area contributed by atoms with Gasteiger partial charge in [0.15, 0.2) is 0 Å². The minimum atomic E-state index is -1.00. The van der Waals surface area contributed by atoms with E-state index in [9.17, 15) is 28.8 Å². The number of carbonyl (C=O) groups excluding carboxylic acids is 5. The van der Waals surface area contributed by atoms with Crippen molar-refractivity contribution in [3.05, 3.63) is 255 Å². The first-order valence-electron chi connectivity index (χ1n) is 34.4. The molecule has 10 aromatic rings. The molecular formula is C80H86Cl6N16O10. The van der Waals surface area contributed by atoms with Gasteiger partial charge < -0.3 is 59.8 Å². The molecule has 112 heavy (non-hydrogen) atoms. The Morgan fingerprint density at radius 1 is 0.366 bits per heavy atom. The van der Waals surface area contributed by atoms with Gasteiger partial charge in [-0.05, 0) is 119 Å². The second kappa shape index (κ2) is 41.9. The summed E-state index contributed by atoms with van der Waals surface area (Å²) in [6, 6.07) is 44.0. The number of nitrogens with zero attached hydrogens (tertiary/aromatic N) is 14. The van der Waals surface area contributed by atoms with E-state index in [-0.39, 0.29) is 70.0 Å². The number of methoxy groups -OCH3 is 3. The van der Waals surface area contributed by atoms with Crippen molar-refractivity contribution in [2.75, 3.05) is 139 Å². The zero-order valence-corrected chi connectivity index (χ0v) is 68.8. The number of nitrogens with two attached hydrogens (primary N) is 1. The lowest BCUT2D eigenvalue weighted by molar-refractivity contribution is -0.140. The Hall–Kier alpha value is -11.0. The number of carboxylic acids is 1. The van der Waals surface area contributed by atoms with E-state index in [0.29, 0.717) is 121 Å². The average molecular weight is 1640 g/mol. The first-order valence-corrected chi connectivity index (χ1v) is 36.6. The van der Waals surface area contributed by atoms with Crippen molar-refractivity contribution >= 4 is 151 Å². The lowest BCUT2D eigenvalue weighted by atomic mass is 10.1. The maximum Gasteiger partial charge on any atom is 0.310 e. The largest absolute Gasteiger partial charge is 0.481 e. The molecule has 10 rings (SSSR count). The third-order valence-electron chi connectivity index (χ3n) is 16.7. The summed E-state index contributed by atoms with van der Waals surface area (Å²) in [6.07, 6.45) is 1.74. The summed E-state index contributed by atoms with van der Waals surface area (Å²) < 4.78 is 14.2. The van der Waals surface area contributed by atoms with Gasteiger partial charge in [0.1, 0.15) is 67.2 Å². The number of hydrogen-bond acceptors (Lipinski definition) is 23. The molecule has 0 aliphatic carbocycles. The summed E-state index contributed by atoms with van der Waals surface area (Å²) >= 11 is 37.0. The number of ether oxygens (including phenoxy) is 3. The van der Waals surface area contributed by atoms with Gasteiger partial charge in [0.25, 0.3) is 11.8 Å². The number of esters is 3. The third-order valence-corrected chi connectivity index (χ3v) is 18.5. The average Bonchev–Trinajstić information content (AvgIpc) is 0.823. The first kappa shape index (κ1) is 88.2. The quantitative estimate of drug-likeness (QED) is 0.0207. The molecule has 0 bridgehead atoms. The Bertz CT molecular complexity index is 4920. The number of nitrogens with one attached hydrogen (secondary N) is 1. The number of halogens is 6. The lowest BCUT2D eigenvalue weighted by Gasteiger charge is -2.19. The van der Waals surface area contributed by atoms with Crippen molar-refractivity contribution in [1.82, 2.24) is 39.9 Å². The maximum absolute atomic E-state index is 12.7. The molecule has 4 aromatic heterocycles. The number of nitrogen functional groups attached to an aromatic ring is 1. The van der Waals surface area contributed by atoms with E-state index in [1.54, 1.807) is 101 Å². The fourth-order valence-electron chi connectivity index (χ4n) is 10.8. The summed E-state index contributed by atoms with van der Waals surface area (Å²) in [6.45, 7) is 0. The SMILES string of the molecule is CN(C)c1nc(Cc2ccc(N(C)C(=O)c3ccc(Cl)cc3)cc2)nc(Cl)c1CC(=O)O.CNc1ccc(Cc2nc(Cl)c(CC(=O)OC)c(N(C)C)n2)cc1.COC(=O)Cc1c(Cl)nc(Cc2ccc(N(C)C(=O)c3ccc(Cl)cc3)cc2)nc1N(C)C.COC(=O)Cc1c(Cl)nc(Cc2ccc(N)cc2)nc1N(C)C. The highest BCUT2D eigenvalue weighted by Crippen LogP contribution is 2.31. The summed E-state index contributed by atoms with van der Waals surface area (Å²) in [5, 5.41) is 14.3. The summed E-state index contributed by atoms with van der Waals surface area (Å²) in [7, 11) is 23.9. The van der Waals surface area contributed by atoms with Crippen molar-refractivity contribution in [2.24, 2.45) is 0 Å². The number of aliphatic carboxylic acids is 1. The van der Waals surface area contributed by atoms with Gasteiger partial charge in [-0.2, -0.15) is 0 Å². The van der Waals surface area contributed by atoms with Gasteiger partial charge in [0.05, 0.1) is 47.0 Å². The van der Waals surface area contributed by atoms with Crippen molar-refractivity contribution in [3.63, 3.8) is 0 Å². The highest BCUT2D eigenvalue weighted by atomic mass is 35.5. The predicted molar refractivity (Wildman–Crippen MR) is 443 cm³/mol. The Kier molecular flexibility index (Phi) is 33.0. The van der Waals surface area contributed by atoms with Crippen LogP contribution in [0, 0.1) is 0 Å². The highest BCUT2D eigenvalue weighted by Gasteiger charge is 2.24. The number of carboxylic acid groups (broad SMARTS) is 1. The van der Waals surface area contributed by atoms with Crippen LogP contribution in [0.3, 0.4) is 0 Å². The van der Waals surface area contributed by atoms with Crippen LogP contribution in [0.5, 0.6) is 0 Å². The first-order chi connectivity index (χ1) is 53.2. The van der Waals surface area contributed by atoms with Gasteiger partial charge in [-0.25, -0.2) is 39.9 Å². The molecule has 32 heteroatoms. The number of aromatic nitrogens is 8. The number of benzene rings is 6. The molecule has 0 fully saturated rings. The van der Waals surface area contributed by atoms with Crippen LogP contribution in [0.25, 0.3) is 0 Å². The molecular weight excluding hydrogens is 1560 g/mol. The Morgan fingerprint density at radius 2 is 0.616 bits per heavy atom. The van der Waals surface area contributed by atoms with Crippen LogP contribution >= 0.6 is 69.6 Å². The molecule has 26 nitrogen and oxygen atoms in total. The summed E-state index contributed by atoms with van der Waals surface area (Å²) in [5.74, 6) is 2.03. The van der Waals surface area contributed by atoms with Crippen molar-refractivity contribution in [2.45, 2.75) is 51.4 Å². The number of amides is 2. The zero-order valence-electron chi connectivity index (χ0n) is 64.2. The van der Waals surface area contributed by atoms with Crippen LogP contribution in [0.4, 0.5) is 46.0 Å². The van der Waals surface area contributed by atoms with E-state index in [1.165, 1.54) is 21.3 Å². The molecule has 6 aromatic carbocycles. The monoisotopic (exact) mass is 1640 g/mol. The lowest BCUT2D eigenvalue weighted by Crippen LogP contribution is -2.26. The molecule has 4 heterocycles. The molecule has 0 atom stereocenters. The van der Waals surface area contributed by atoms with Crippen LogP contribution in [0.15, 0.2) is 146 Å². The molecule has 0 aliphatic heterocycles. The Morgan fingerprint density at radius 3 is 0.857 bits per heavy atom. The van der Waals surface area contributed by atoms with Crippen LogP contribution < -0.4 is 40.4 Å². The highest BCUT2D eigenvalue weighted by molar-refractivity contribution is 6.32. The standard InChI is InChI=1S/C24H24Cl2N4O3.C23H22Cl2N4O3.C17H21ClN4O2.C16H19ClN4O2/c1-29(2)23-19(14-21(31)33-4)22(26)27-20(28-23)13-15-5-11-18(12-6-15)30(3)24(32)16-7-9-17(25)10-8-16;1-28(2)22-18(13-20(30)31)21(25)26-19(27-22)12-14-4-10-17(11-5-14)29(3)23(32)15-6-8-16(24)9-7-15;1-19-12-7-5-11(6-8-12)9-14-20-16(18)13(10-15(23)24-4)17(21-14)22(2)3;1-21(2)16-12(9-14(22)23-3)15(17)19-13(20-16)8-10-4-6-11(18)7-5-10/h5-12H,13-14H2,1-4H3;4-11H,12-13H2,1-3H3,(H,30,31);5-8,19H,9-10H2,1-4H3;4-7H,8-9,18H2,1-3H3. The van der Waals surface area contributed by atoms with Gasteiger partial charge in [-0.15, -0.1) is 0 Å². The van der Waals surface area contributed by atoms with Crippen LogP contribution in [-0.4, -0.2) is 180 Å². The topological polar surface area (TPSA) is 311 Å². The number of rotatable bonds is 25. The number of anilines is 8. The molecule has 0 unspecified atom stereocenters. The fourth-order valence-corrected chi connectivity index (χ4v) is 12.0. The molecule has 0 saturated carbocycles. The van der Waals surface area contributed by atoms with Gasteiger partial charge >= 0.3 is 23.9 Å². The van der Waals surface area contributed by atoms with Crippen LogP contribution in [0.2, 0.25) is 30.7 Å². The molecule has 4 N–H and O–H groups in total. The van der Waals surface area contributed by atoms with Crippen molar-refractivity contribution < 1.29 is 48.1 Å². The second-order valence-corrected chi connectivity index (χ2v) is 28.1. The van der Waals surface area contributed by atoms with Gasteiger partial charge in [-0.1, -0.05) is 118 Å². The smallest absolute Gasteiger partial charge is 0.310 e. The minimum absolute atomic E-state index is 0.00813. The zero-order chi connectivity index (χ0) is 82.2. The maximum atomic E-state index is 12.7. The van der Waals surface area contributed by atoms with E-state index >= 15 is 0 Å². The normalized spacial score (nSPS) is 10.5. The summed E-state index contributed by atoms with van der Waals surface area (Å²) in [4.78, 5) is 117. The Labute approximate surface area is 680 Å². The molecule has 0 radical (unpaired) electrons. The van der Waals surface area contributed by atoms with E-state index < -0.39 is 11.9 Å². The van der Waals surface area contributed by atoms with E-state index in [4.69, 9.17) is 94.7 Å². The van der Waals surface area contributed by atoms with Gasteiger partial charge in [-0.3, -0.25) is 28.8 Å². The second-order valence-electron chi connectivity index (χ2n) is 25.8. The molecule has 0 spiro atoms. The van der Waals surface area contributed by atoms with E-state index in [0.717, 1.165) is 39.3 Å². The van der Waals surface area contributed by atoms with E-state index in [1.807, 2.05) is 151 Å². The van der Waals surface area contributed by atoms with Crippen LogP contribution in [-0.2, 0) is 84.8 Å². The minimum Gasteiger partial charge on any atom is -0.481 e. The Balaban J connectivity index is 0.000000210. The van der Waals surface area contributed by atoms with Crippen molar-refractivity contribution in [3.8, 4) is 0 Å². The predicted octanol–water partition coefficient (Wildman–Crippen LogP) is 13.4. The van der Waals surface area contributed by atoms with Crippen LogP contribution in [0.1, 0.15) is 88.5 Å². The fraction of sp³-hybridized carbons (Fsp3) is 0.275. The number of carbonyl (C=O) groups is 6. The van der Waals surface area contributed by atoms with Crippen molar-refractivity contribution in [1.29, 1.82) is 0 Å². The molecule has 0 saturated heterocycles. The van der Waals surface area contributed by atoms with Gasteiger partial charge in [0.2, 0.25) is 0 Å². The number of hydrogen-bond donors (Lipinski definition) is 3. The molecule has 0 aliphatic rings. The van der Waals surface area contributed by atoms with E-state index in [2.05, 4.69) is 45.2 Å². The molecule has 588 valence electrons.